The number of carbonyl (C=O) groups is 3. The molecule has 1 aliphatic heterocycles. The Labute approximate surface area is 147 Å². The van der Waals surface area contributed by atoms with Crippen molar-refractivity contribution in [1.82, 2.24) is 5.32 Å². The van der Waals surface area contributed by atoms with Crippen LogP contribution in [0.2, 0.25) is 5.02 Å². The molecule has 126 valence electrons. The number of para-hydroxylation sites is 1. The Kier molecular flexibility index (Phi) is 4.49. The van der Waals surface area contributed by atoms with Gasteiger partial charge in [0.05, 0.1) is 5.69 Å². The summed E-state index contributed by atoms with van der Waals surface area (Å²) in [5.41, 5.74) is 0.442. The van der Waals surface area contributed by atoms with Crippen LogP contribution in [0.3, 0.4) is 0 Å². The fourth-order valence-corrected chi connectivity index (χ4v) is 2.46. The highest BCUT2D eigenvalue weighted by Gasteiger charge is 2.40. The highest BCUT2D eigenvalue weighted by atomic mass is 35.5. The quantitative estimate of drug-likeness (QED) is 0.651. The maximum absolute atomic E-state index is 12.6. The summed E-state index contributed by atoms with van der Waals surface area (Å²) in [4.78, 5) is 41.4. The molecule has 1 heterocycles. The van der Waals surface area contributed by atoms with E-state index >= 15 is 0 Å². The van der Waals surface area contributed by atoms with Gasteiger partial charge in [0.2, 0.25) is 5.91 Å². The zero-order valence-corrected chi connectivity index (χ0v) is 13.5. The van der Waals surface area contributed by atoms with Gasteiger partial charge < -0.3 is 5.11 Å². The number of imide groups is 2. The lowest BCUT2D eigenvalue weighted by molar-refractivity contribution is -0.131. The summed E-state index contributed by atoms with van der Waals surface area (Å²) in [6.45, 7) is 0. The smallest absolute Gasteiger partial charge is 0.335 e. The molecule has 4 amide bonds. The summed E-state index contributed by atoms with van der Waals surface area (Å²) >= 11 is 5.83. The summed E-state index contributed by atoms with van der Waals surface area (Å²) < 4.78 is 0. The number of phenolic OH excluding ortho intramolecular Hbond substituents is 1. The number of barbiturate groups is 1. The van der Waals surface area contributed by atoms with Crippen molar-refractivity contribution in [2.45, 2.75) is 0 Å². The van der Waals surface area contributed by atoms with Gasteiger partial charge in [-0.1, -0.05) is 29.8 Å². The second kappa shape index (κ2) is 6.74. The van der Waals surface area contributed by atoms with E-state index in [1.165, 1.54) is 18.2 Å². The van der Waals surface area contributed by atoms with Gasteiger partial charge in [0, 0.05) is 11.2 Å². The van der Waals surface area contributed by atoms with Crippen LogP contribution in [0.5, 0.6) is 5.75 Å². The number of aromatic hydroxyl groups is 1. The first-order chi connectivity index (χ1) is 12.0. The minimum absolute atomic E-state index is 0.108. The van der Waals surface area contributed by atoms with E-state index in [2.05, 4.69) is 10.3 Å². The zero-order chi connectivity index (χ0) is 18.0. The molecule has 8 heteroatoms. The number of anilines is 1. The van der Waals surface area contributed by atoms with E-state index in [0.717, 1.165) is 11.1 Å². The third-order valence-electron chi connectivity index (χ3n) is 3.52. The van der Waals surface area contributed by atoms with Gasteiger partial charge in [0.15, 0.2) is 5.92 Å². The number of hydrogen-bond acceptors (Lipinski definition) is 5. The Hall–Kier alpha value is -3.19. The molecule has 0 radical (unpaired) electrons. The Morgan fingerprint density at radius 1 is 1.12 bits per heavy atom. The molecule has 7 nitrogen and oxygen atoms in total. The first-order valence-electron chi connectivity index (χ1n) is 7.24. The number of halogens is 1. The van der Waals surface area contributed by atoms with Crippen molar-refractivity contribution in [2.24, 2.45) is 10.9 Å². The SMILES string of the molecule is O=C1NC(=O)N(c2ccccc2)C(=O)C1C=Nc1cc(Cl)ccc1O. The van der Waals surface area contributed by atoms with Gasteiger partial charge in [-0.15, -0.1) is 0 Å². The molecule has 1 aliphatic rings. The van der Waals surface area contributed by atoms with Gasteiger partial charge in [-0.2, -0.15) is 0 Å². The van der Waals surface area contributed by atoms with Crippen LogP contribution < -0.4 is 10.2 Å². The molecule has 3 rings (SSSR count). The monoisotopic (exact) mass is 357 g/mol. The van der Waals surface area contributed by atoms with E-state index in [0.29, 0.717) is 10.7 Å². The molecule has 2 N–H and O–H groups in total. The predicted molar refractivity (Wildman–Crippen MR) is 92.2 cm³/mol. The largest absolute Gasteiger partial charge is 0.506 e. The van der Waals surface area contributed by atoms with E-state index in [4.69, 9.17) is 11.6 Å². The normalized spacial score (nSPS) is 17.9. The second-order valence-corrected chi connectivity index (χ2v) is 5.63. The van der Waals surface area contributed by atoms with E-state index in [1.54, 1.807) is 30.3 Å². The highest BCUT2D eigenvalue weighted by molar-refractivity contribution is 6.33. The molecule has 0 spiro atoms. The van der Waals surface area contributed by atoms with Crippen molar-refractivity contribution in [3.63, 3.8) is 0 Å². The lowest BCUT2D eigenvalue weighted by atomic mass is 10.1. The molecule has 0 aromatic heterocycles. The number of carbonyl (C=O) groups excluding carboxylic acids is 3. The molecular weight excluding hydrogens is 346 g/mol. The molecule has 2 aromatic rings. The number of aliphatic imine (C=N–C) groups is 1. The first kappa shape index (κ1) is 16.7. The molecule has 1 saturated heterocycles. The standard InChI is InChI=1S/C17H12ClN3O4/c18-10-6-7-14(22)13(8-10)19-9-12-15(23)20-17(25)21(16(12)24)11-4-2-1-3-5-11/h1-9,12,22H,(H,20,23,25). The fourth-order valence-electron chi connectivity index (χ4n) is 2.30. The third kappa shape index (κ3) is 3.36. The molecular formula is C17H12ClN3O4. The Bertz CT molecular complexity index is 883. The van der Waals surface area contributed by atoms with Gasteiger partial charge >= 0.3 is 6.03 Å². The zero-order valence-electron chi connectivity index (χ0n) is 12.7. The number of amides is 4. The van der Waals surface area contributed by atoms with Crippen molar-refractivity contribution in [3.8, 4) is 5.75 Å². The summed E-state index contributed by atoms with van der Waals surface area (Å²) in [7, 11) is 0. The van der Waals surface area contributed by atoms with Crippen molar-refractivity contribution in [2.75, 3.05) is 4.90 Å². The minimum atomic E-state index is -1.31. The van der Waals surface area contributed by atoms with Crippen molar-refractivity contribution < 1.29 is 19.5 Å². The molecule has 1 unspecified atom stereocenters. The molecule has 0 bridgehead atoms. The van der Waals surface area contributed by atoms with Crippen molar-refractivity contribution in [1.29, 1.82) is 0 Å². The molecule has 2 aromatic carbocycles. The van der Waals surface area contributed by atoms with E-state index in [-0.39, 0.29) is 11.4 Å². The number of rotatable bonds is 3. The van der Waals surface area contributed by atoms with Gasteiger partial charge in [0.25, 0.3) is 5.91 Å². The van der Waals surface area contributed by atoms with Crippen LogP contribution in [0.4, 0.5) is 16.2 Å². The van der Waals surface area contributed by atoms with E-state index in [1.807, 2.05) is 0 Å². The topological polar surface area (TPSA) is 99.1 Å². The Balaban J connectivity index is 1.91. The maximum atomic E-state index is 12.6. The van der Waals surface area contributed by atoms with Crippen LogP contribution in [0.25, 0.3) is 0 Å². The fraction of sp³-hybridized carbons (Fsp3) is 0.0588. The third-order valence-corrected chi connectivity index (χ3v) is 3.75. The summed E-state index contributed by atoms with van der Waals surface area (Å²) in [5.74, 6) is -2.98. The lowest BCUT2D eigenvalue weighted by Crippen LogP contribution is -2.58. The summed E-state index contributed by atoms with van der Waals surface area (Å²) in [6.07, 6.45) is 1.07. The highest BCUT2D eigenvalue weighted by Crippen LogP contribution is 2.29. The number of nitrogens with one attached hydrogen (secondary N) is 1. The van der Waals surface area contributed by atoms with Crippen LogP contribution in [0, 0.1) is 5.92 Å². The van der Waals surface area contributed by atoms with Crippen molar-refractivity contribution >= 4 is 47.0 Å². The first-order valence-corrected chi connectivity index (χ1v) is 7.61. The van der Waals surface area contributed by atoms with Crippen LogP contribution in [0.15, 0.2) is 53.5 Å². The number of hydrogen-bond donors (Lipinski definition) is 2. The average Bonchev–Trinajstić information content (AvgIpc) is 2.58. The lowest BCUT2D eigenvalue weighted by Gasteiger charge is -2.28. The van der Waals surface area contributed by atoms with Crippen LogP contribution >= 0.6 is 11.6 Å². The minimum Gasteiger partial charge on any atom is -0.506 e. The second-order valence-electron chi connectivity index (χ2n) is 5.19. The number of nitrogens with zero attached hydrogens (tertiary/aromatic N) is 2. The maximum Gasteiger partial charge on any atom is 0.335 e. The van der Waals surface area contributed by atoms with Crippen LogP contribution in [-0.2, 0) is 9.59 Å². The van der Waals surface area contributed by atoms with Gasteiger partial charge in [-0.05, 0) is 30.3 Å². The van der Waals surface area contributed by atoms with Crippen LogP contribution in [-0.4, -0.2) is 29.2 Å². The molecule has 0 saturated carbocycles. The number of phenols is 1. The van der Waals surface area contributed by atoms with Crippen molar-refractivity contribution in [3.05, 3.63) is 53.6 Å². The molecule has 25 heavy (non-hydrogen) atoms. The van der Waals surface area contributed by atoms with Gasteiger partial charge in [-0.3, -0.25) is 19.9 Å². The van der Waals surface area contributed by atoms with E-state index in [9.17, 15) is 19.5 Å². The van der Waals surface area contributed by atoms with Gasteiger partial charge in [-0.25, -0.2) is 9.69 Å². The molecule has 1 fully saturated rings. The van der Waals surface area contributed by atoms with E-state index < -0.39 is 23.8 Å². The molecule has 1 atom stereocenters. The summed E-state index contributed by atoms with van der Waals surface area (Å²) in [5, 5.41) is 12.2. The average molecular weight is 358 g/mol. The van der Waals surface area contributed by atoms with Crippen LogP contribution in [0.1, 0.15) is 0 Å². The molecule has 0 aliphatic carbocycles. The summed E-state index contributed by atoms with van der Waals surface area (Å²) in [6, 6.07) is 11.6. The Morgan fingerprint density at radius 3 is 2.56 bits per heavy atom. The Morgan fingerprint density at radius 2 is 1.84 bits per heavy atom. The van der Waals surface area contributed by atoms with Gasteiger partial charge in [0.1, 0.15) is 11.4 Å². The number of benzene rings is 2. The predicted octanol–water partition coefficient (Wildman–Crippen LogP) is 2.65. The number of urea groups is 1.